The minimum Gasteiger partial charge on any atom is -0.352 e. The summed E-state index contributed by atoms with van der Waals surface area (Å²) in [4.78, 5) is 28.6. The Morgan fingerprint density at radius 3 is 2.08 bits per heavy atom. The third kappa shape index (κ3) is 7.82. The molecule has 0 aromatic heterocycles. The van der Waals surface area contributed by atoms with Crippen molar-refractivity contribution < 1.29 is 22.4 Å². The number of amides is 2. The summed E-state index contributed by atoms with van der Waals surface area (Å²) >= 11 is 5.98. The highest BCUT2D eigenvalue weighted by atomic mass is 35.5. The summed E-state index contributed by atoms with van der Waals surface area (Å²) in [7, 11) is -4.19. The van der Waals surface area contributed by atoms with Crippen LogP contribution < -0.4 is 9.62 Å². The second kappa shape index (κ2) is 13.8. The number of aryl methyl sites for hydroxylation is 1. The van der Waals surface area contributed by atoms with Gasteiger partial charge in [0.15, 0.2) is 0 Å². The Hall–Kier alpha value is -3.43. The summed E-state index contributed by atoms with van der Waals surface area (Å²) in [6.45, 7) is 6.91. The van der Waals surface area contributed by atoms with E-state index in [1.165, 1.54) is 53.4 Å². The van der Waals surface area contributed by atoms with Gasteiger partial charge in [-0.25, -0.2) is 12.8 Å². The van der Waals surface area contributed by atoms with Crippen LogP contribution in [0, 0.1) is 12.7 Å². The Bertz CT molecular complexity index is 1400. The molecule has 0 heterocycles. The van der Waals surface area contributed by atoms with E-state index in [0.717, 1.165) is 9.87 Å². The topological polar surface area (TPSA) is 86.8 Å². The second-order valence-electron chi connectivity index (χ2n) is 9.69. The van der Waals surface area contributed by atoms with Gasteiger partial charge in [0.05, 0.1) is 10.6 Å². The molecule has 1 N–H and O–H groups in total. The maximum Gasteiger partial charge on any atom is 0.264 e. The number of hydrogen-bond acceptors (Lipinski definition) is 4. The van der Waals surface area contributed by atoms with Crippen molar-refractivity contribution in [2.75, 3.05) is 10.8 Å². The van der Waals surface area contributed by atoms with Crippen LogP contribution in [0.2, 0.25) is 5.02 Å². The van der Waals surface area contributed by atoms with Crippen molar-refractivity contribution >= 4 is 39.1 Å². The van der Waals surface area contributed by atoms with Crippen molar-refractivity contribution in [3.63, 3.8) is 0 Å². The van der Waals surface area contributed by atoms with Crippen molar-refractivity contribution in [1.82, 2.24) is 10.2 Å². The minimum absolute atomic E-state index is 0.00568. The standard InChI is InChI=1S/C30H35ClFN3O4S/c1-5-22(4)33-30(37)28(6-2)34(19-23-9-13-25(32)14-10-23)29(36)20-35(26-15-7-21(3)8-16-26)40(38,39)27-17-11-24(31)12-18-27/h7-18,22,28H,5-6,19-20H2,1-4H3,(H,33,37)/t22-,28+/m0/s1. The smallest absolute Gasteiger partial charge is 0.264 e. The van der Waals surface area contributed by atoms with E-state index in [0.29, 0.717) is 29.1 Å². The molecule has 10 heteroatoms. The van der Waals surface area contributed by atoms with Crippen LogP contribution in [-0.4, -0.2) is 43.8 Å². The van der Waals surface area contributed by atoms with E-state index in [-0.39, 0.29) is 23.4 Å². The lowest BCUT2D eigenvalue weighted by Gasteiger charge is -2.33. The molecule has 0 spiro atoms. The zero-order chi connectivity index (χ0) is 29.4. The lowest BCUT2D eigenvalue weighted by atomic mass is 10.1. The van der Waals surface area contributed by atoms with Crippen LogP contribution in [0.25, 0.3) is 0 Å². The number of sulfonamides is 1. The van der Waals surface area contributed by atoms with Crippen LogP contribution in [0.4, 0.5) is 10.1 Å². The number of carbonyl (C=O) groups is 2. The average Bonchev–Trinajstić information content (AvgIpc) is 2.93. The van der Waals surface area contributed by atoms with E-state index >= 15 is 0 Å². The summed E-state index contributed by atoms with van der Waals surface area (Å²) in [5, 5.41) is 3.30. The van der Waals surface area contributed by atoms with Gasteiger partial charge in [-0.1, -0.05) is 55.3 Å². The molecule has 0 aliphatic rings. The molecule has 2 amide bonds. The highest BCUT2D eigenvalue weighted by Crippen LogP contribution is 2.26. The van der Waals surface area contributed by atoms with E-state index in [4.69, 9.17) is 11.6 Å². The molecule has 3 aromatic rings. The van der Waals surface area contributed by atoms with Crippen molar-refractivity contribution in [2.45, 2.75) is 64.1 Å². The predicted octanol–water partition coefficient (Wildman–Crippen LogP) is 5.70. The SMILES string of the molecule is CC[C@H](C(=O)N[C@@H](C)CC)N(Cc1ccc(F)cc1)C(=O)CN(c1ccc(C)cc1)S(=O)(=O)c1ccc(Cl)cc1. The highest BCUT2D eigenvalue weighted by molar-refractivity contribution is 7.92. The molecule has 40 heavy (non-hydrogen) atoms. The van der Waals surface area contributed by atoms with E-state index in [1.807, 2.05) is 20.8 Å². The van der Waals surface area contributed by atoms with Crippen LogP contribution in [0.1, 0.15) is 44.7 Å². The van der Waals surface area contributed by atoms with E-state index < -0.39 is 34.3 Å². The Kier molecular flexibility index (Phi) is 10.7. The Balaban J connectivity index is 2.04. The Morgan fingerprint density at radius 1 is 0.925 bits per heavy atom. The van der Waals surface area contributed by atoms with Crippen LogP contribution in [0.3, 0.4) is 0 Å². The molecule has 0 saturated heterocycles. The minimum atomic E-state index is -4.19. The highest BCUT2D eigenvalue weighted by Gasteiger charge is 2.34. The molecule has 0 aliphatic heterocycles. The Morgan fingerprint density at radius 2 is 1.52 bits per heavy atom. The number of benzene rings is 3. The zero-order valence-corrected chi connectivity index (χ0v) is 24.7. The van der Waals surface area contributed by atoms with Crippen molar-refractivity contribution in [2.24, 2.45) is 0 Å². The van der Waals surface area contributed by atoms with Crippen LogP contribution >= 0.6 is 11.6 Å². The first-order valence-electron chi connectivity index (χ1n) is 13.2. The van der Waals surface area contributed by atoms with Gasteiger partial charge in [-0.2, -0.15) is 0 Å². The predicted molar refractivity (Wildman–Crippen MR) is 156 cm³/mol. The van der Waals surface area contributed by atoms with Crippen LogP contribution in [-0.2, 0) is 26.2 Å². The largest absolute Gasteiger partial charge is 0.352 e. The van der Waals surface area contributed by atoms with Crippen molar-refractivity contribution in [1.29, 1.82) is 0 Å². The van der Waals surface area contributed by atoms with Gasteiger partial charge in [0.25, 0.3) is 10.0 Å². The quantitative estimate of drug-likeness (QED) is 0.294. The number of halogens is 2. The molecule has 7 nitrogen and oxygen atoms in total. The molecule has 2 atom stereocenters. The number of hydrogen-bond donors (Lipinski definition) is 1. The van der Waals surface area contributed by atoms with Crippen LogP contribution in [0.15, 0.2) is 77.7 Å². The van der Waals surface area contributed by atoms with Crippen LogP contribution in [0.5, 0.6) is 0 Å². The first kappa shape index (κ1) is 31.1. The summed E-state index contributed by atoms with van der Waals surface area (Å²) < 4.78 is 42.3. The van der Waals surface area contributed by atoms with Gasteiger partial charge >= 0.3 is 0 Å². The summed E-state index contributed by atoms with van der Waals surface area (Å²) in [5.74, 6) is -1.34. The van der Waals surface area contributed by atoms with E-state index in [1.54, 1.807) is 31.2 Å². The molecule has 3 rings (SSSR count). The number of nitrogens with one attached hydrogen (secondary N) is 1. The first-order chi connectivity index (χ1) is 19.0. The molecule has 214 valence electrons. The van der Waals surface area contributed by atoms with Gasteiger partial charge < -0.3 is 10.2 Å². The lowest BCUT2D eigenvalue weighted by molar-refractivity contribution is -0.140. The molecule has 0 fully saturated rings. The fourth-order valence-corrected chi connectivity index (χ4v) is 5.66. The molecule has 0 aliphatic carbocycles. The number of nitrogens with zero attached hydrogens (tertiary/aromatic N) is 2. The maximum atomic E-state index is 14.0. The monoisotopic (exact) mass is 587 g/mol. The average molecular weight is 588 g/mol. The number of anilines is 1. The van der Waals surface area contributed by atoms with Gasteiger partial charge in [-0.3, -0.25) is 13.9 Å². The summed E-state index contributed by atoms with van der Waals surface area (Å²) in [5.41, 5.74) is 1.82. The third-order valence-electron chi connectivity index (χ3n) is 6.66. The Labute approximate surface area is 241 Å². The number of carbonyl (C=O) groups excluding carboxylic acids is 2. The zero-order valence-electron chi connectivity index (χ0n) is 23.1. The van der Waals surface area contributed by atoms with Gasteiger partial charge in [0, 0.05) is 17.6 Å². The fourth-order valence-electron chi connectivity index (χ4n) is 4.12. The van der Waals surface area contributed by atoms with E-state index in [2.05, 4.69) is 5.32 Å². The first-order valence-corrected chi connectivity index (χ1v) is 15.0. The third-order valence-corrected chi connectivity index (χ3v) is 8.70. The summed E-state index contributed by atoms with van der Waals surface area (Å²) in [6.07, 6.45) is 0.998. The molecule has 0 bridgehead atoms. The normalized spacial score (nSPS) is 12.8. The molecular weight excluding hydrogens is 553 g/mol. The fraction of sp³-hybridized carbons (Fsp3) is 0.333. The molecule has 0 unspecified atom stereocenters. The molecule has 0 radical (unpaired) electrons. The van der Waals surface area contributed by atoms with Gasteiger partial charge in [0.2, 0.25) is 11.8 Å². The summed E-state index contributed by atoms with van der Waals surface area (Å²) in [6, 6.07) is 17.1. The maximum absolute atomic E-state index is 14.0. The second-order valence-corrected chi connectivity index (χ2v) is 12.0. The van der Waals surface area contributed by atoms with Gasteiger partial charge in [0.1, 0.15) is 18.4 Å². The van der Waals surface area contributed by atoms with Crippen molar-refractivity contribution in [3.05, 3.63) is 94.8 Å². The van der Waals surface area contributed by atoms with E-state index in [9.17, 15) is 22.4 Å². The number of rotatable bonds is 12. The lowest BCUT2D eigenvalue weighted by Crippen LogP contribution is -2.53. The van der Waals surface area contributed by atoms with Gasteiger partial charge in [-0.05, 0) is 80.8 Å². The molecule has 3 aromatic carbocycles. The van der Waals surface area contributed by atoms with Gasteiger partial charge in [-0.15, -0.1) is 0 Å². The molecular formula is C30H35ClFN3O4S. The molecule has 0 saturated carbocycles. The van der Waals surface area contributed by atoms with Crippen molar-refractivity contribution in [3.8, 4) is 0 Å².